The number of nitrogens with one attached hydrogen (secondary N) is 1. The van der Waals surface area contributed by atoms with E-state index in [1.165, 1.54) is 0 Å². The Morgan fingerprint density at radius 1 is 1.21 bits per heavy atom. The fourth-order valence-corrected chi connectivity index (χ4v) is 5.22. The predicted molar refractivity (Wildman–Crippen MR) is 127 cm³/mol. The van der Waals surface area contributed by atoms with Crippen LogP contribution in [-0.2, 0) is 11.2 Å². The quantitative estimate of drug-likeness (QED) is 0.512. The third-order valence-electron chi connectivity index (χ3n) is 6.99. The molecule has 0 bridgehead atoms. The molecule has 2 aliphatic heterocycles. The molecule has 2 fully saturated rings. The van der Waals surface area contributed by atoms with Crippen molar-refractivity contribution in [1.82, 2.24) is 5.32 Å². The number of carbonyl (C=O) groups excluding carboxylic acids is 1. The van der Waals surface area contributed by atoms with E-state index in [1.54, 1.807) is 25.3 Å². The van der Waals surface area contributed by atoms with E-state index in [9.17, 15) is 14.9 Å². The molecule has 0 aromatic heterocycles. The number of methoxy groups -OCH3 is 1. The van der Waals surface area contributed by atoms with Crippen molar-refractivity contribution in [1.29, 1.82) is 0 Å². The molecule has 9 heteroatoms. The van der Waals surface area contributed by atoms with E-state index in [0.29, 0.717) is 37.0 Å². The molecule has 2 atom stereocenters. The number of carbonyl (C=O) groups is 1. The number of hydrogen-bond donors (Lipinski definition) is 1. The number of non-ortho nitro benzene ring substituents is 1. The Morgan fingerprint density at radius 3 is 2.76 bits per heavy atom. The molecule has 1 saturated carbocycles. The second-order valence-corrected chi connectivity index (χ2v) is 9.53. The SMILES string of the molecule is COc1ccc(Cl)cc1N1CCN2c3ccc([N+](=O)[O-])cc3CC(C(=O)NCC3CC3)C2C1. The van der Waals surface area contributed by atoms with Crippen LogP contribution in [0.5, 0.6) is 5.75 Å². The van der Waals surface area contributed by atoms with Crippen LogP contribution in [0.15, 0.2) is 36.4 Å². The van der Waals surface area contributed by atoms with E-state index in [-0.39, 0.29) is 28.5 Å². The molecule has 0 spiro atoms. The maximum atomic E-state index is 13.3. The Bertz CT molecular complexity index is 1090. The van der Waals surface area contributed by atoms with Crippen molar-refractivity contribution in [3.63, 3.8) is 0 Å². The van der Waals surface area contributed by atoms with Gasteiger partial charge in [-0.2, -0.15) is 0 Å². The number of nitro benzene ring substituents is 1. The molecule has 174 valence electrons. The molecule has 2 aromatic rings. The van der Waals surface area contributed by atoms with Gasteiger partial charge in [-0.25, -0.2) is 0 Å². The minimum Gasteiger partial charge on any atom is -0.495 e. The Morgan fingerprint density at radius 2 is 2.03 bits per heavy atom. The molecule has 1 saturated heterocycles. The number of amides is 1. The van der Waals surface area contributed by atoms with Crippen LogP contribution in [0.4, 0.5) is 17.1 Å². The van der Waals surface area contributed by atoms with Gasteiger partial charge in [-0.15, -0.1) is 0 Å². The van der Waals surface area contributed by atoms with Crippen LogP contribution in [0.1, 0.15) is 18.4 Å². The summed E-state index contributed by atoms with van der Waals surface area (Å²) in [6.45, 7) is 2.75. The number of piperazine rings is 1. The normalized spacial score (nSPS) is 21.8. The van der Waals surface area contributed by atoms with Gasteiger partial charge < -0.3 is 19.9 Å². The zero-order valence-electron chi connectivity index (χ0n) is 18.5. The molecular weight excluding hydrogens is 444 g/mol. The number of hydrogen-bond acceptors (Lipinski definition) is 6. The molecule has 1 amide bonds. The highest BCUT2D eigenvalue weighted by molar-refractivity contribution is 6.31. The lowest BCUT2D eigenvalue weighted by molar-refractivity contribution is -0.384. The topological polar surface area (TPSA) is 87.9 Å². The van der Waals surface area contributed by atoms with Gasteiger partial charge in [-0.1, -0.05) is 11.6 Å². The van der Waals surface area contributed by atoms with Crippen LogP contribution in [0.25, 0.3) is 0 Å². The number of nitro groups is 1. The summed E-state index contributed by atoms with van der Waals surface area (Å²) in [5.74, 6) is 1.05. The summed E-state index contributed by atoms with van der Waals surface area (Å²) in [5.41, 5.74) is 2.82. The van der Waals surface area contributed by atoms with Crippen LogP contribution in [0.3, 0.4) is 0 Å². The molecule has 2 heterocycles. The summed E-state index contributed by atoms with van der Waals surface area (Å²) in [6.07, 6.45) is 2.81. The number of halogens is 1. The second kappa shape index (κ2) is 8.74. The average molecular weight is 471 g/mol. The number of ether oxygens (including phenoxy) is 1. The Labute approximate surface area is 197 Å². The van der Waals surface area contributed by atoms with Gasteiger partial charge in [-0.3, -0.25) is 14.9 Å². The standard InChI is InChI=1S/C24H27ClN4O4/c1-33-23-7-4-17(25)12-21(23)27-8-9-28-20-6-5-18(29(31)32)10-16(20)11-19(22(28)14-27)24(30)26-13-15-2-3-15/h4-7,10,12,15,19,22H,2-3,8-9,11,13-14H2,1H3,(H,26,30). The summed E-state index contributed by atoms with van der Waals surface area (Å²) in [4.78, 5) is 28.7. The van der Waals surface area contributed by atoms with Gasteiger partial charge in [-0.05, 0) is 55.0 Å². The van der Waals surface area contributed by atoms with E-state index in [4.69, 9.17) is 16.3 Å². The van der Waals surface area contributed by atoms with E-state index in [0.717, 1.165) is 42.1 Å². The second-order valence-electron chi connectivity index (χ2n) is 9.09. The van der Waals surface area contributed by atoms with Crippen LogP contribution in [-0.4, -0.2) is 50.2 Å². The highest BCUT2D eigenvalue weighted by atomic mass is 35.5. The summed E-state index contributed by atoms with van der Waals surface area (Å²) in [5, 5.41) is 15.1. The average Bonchev–Trinajstić information content (AvgIpc) is 3.65. The zero-order chi connectivity index (χ0) is 23.1. The van der Waals surface area contributed by atoms with Crippen molar-refractivity contribution in [2.45, 2.75) is 25.3 Å². The molecular formula is C24H27ClN4O4. The lowest BCUT2D eigenvalue weighted by Gasteiger charge is -2.49. The lowest BCUT2D eigenvalue weighted by atomic mass is 9.83. The van der Waals surface area contributed by atoms with Crippen LogP contribution in [0.2, 0.25) is 5.02 Å². The summed E-state index contributed by atoms with van der Waals surface area (Å²) in [6, 6.07) is 10.5. The maximum absolute atomic E-state index is 13.3. The van der Waals surface area contributed by atoms with Gasteiger partial charge in [0.05, 0.1) is 29.7 Å². The van der Waals surface area contributed by atoms with Crippen LogP contribution in [0, 0.1) is 22.0 Å². The molecule has 8 nitrogen and oxygen atoms in total. The Kier molecular flexibility index (Phi) is 5.78. The van der Waals surface area contributed by atoms with Gasteiger partial charge in [0.1, 0.15) is 5.75 Å². The smallest absolute Gasteiger partial charge is 0.269 e. The third kappa shape index (κ3) is 4.31. The summed E-state index contributed by atoms with van der Waals surface area (Å²) >= 11 is 6.28. The van der Waals surface area contributed by atoms with Gasteiger partial charge in [0, 0.05) is 49.0 Å². The lowest BCUT2D eigenvalue weighted by Crippen LogP contribution is -2.61. The minimum absolute atomic E-state index is 0.0222. The molecule has 2 unspecified atom stereocenters. The molecule has 33 heavy (non-hydrogen) atoms. The summed E-state index contributed by atoms with van der Waals surface area (Å²) < 4.78 is 5.57. The van der Waals surface area contributed by atoms with Crippen molar-refractivity contribution >= 4 is 34.6 Å². The molecule has 0 radical (unpaired) electrons. The van der Waals surface area contributed by atoms with Crippen molar-refractivity contribution in [3.8, 4) is 5.75 Å². The molecule has 1 N–H and O–H groups in total. The fraction of sp³-hybridized carbons (Fsp3) is 0.458. The predicted octanol–water partition coefficient (Wildman–Crippen LogP) is 3.65. The highest BCUT2D eigenvalue weighted by Crippen LogP contribution is 2.40. The molecule has 1 aliphatic carbocycles. The monoisotopic (exact) mass is 470 g/mol. The minimum atomic E-state index is -0.377. The number of nitrogens with zero attached hydrogens (tertiary/aromatic N) is 3. The van der Waals surface area contributed by atoms with Crippen molar-refractivity contribution in [2.75, 3.05) is 43.1 Å². The first-order valence-corrected chi connectivity index (χ1v) is 11.7. The van der Waals surface area contributed by atoms with Crippen molar-refractivity contribution in [2.24, 2.45) is 11.8 Å². The van der Waals surface area contributed by atoms with Crippen LogP contribution < -0.4 is 19.9 Å². The van der Waals surface area contributed by atoms with Gasteiger partial charge in [0.15, 0.2) is 0 Å². The van der Waals surface area contributed by atoms with Gasteiger partial charge in [0.2, 0.25) is 5.91 Å². The van der Waals surface area contributed by atoms with Crippen LogP contribution >= 0.6 is 11.6 Å². The largest absolute Gasteiger partial charge is 0.495 e. The number of rotatable bonds is 6. The van der Waals surface area contributed by atoms with E-state index >= 15 is 0 Å². The van der Waals surface area contributed by atoms with Gasteiger partial charge >= 0.3 is 0 Å². The van der Waals surface area contributed by atoms with Gasteiger partial charge in [0.25, 0.3) is 5.69 Å². The first kappa shape index (κ1) is 21.8. The fourth-order valence-electron chi connectivity index (χ4n) is 5.05. The first-order valence-electron chi connectivity index (χ1n) is 11.3. The third-order valence-corrected chi connectivity index (χ3v) is 7.22. The van der Waals surface area contributed by atoms with E-state index < -0.39 is 0 Å². The number of fused-ring (bicyclic) bond motifs is 3. The first-order chi connectivity index (χ1) is 15.9. The molecule has 3 aliphatic rings. The Balaban J connectivity index is 1.47. The highest BCUT2D eigenvalue weighted by Gasteiger charge is 2.42. The Hall–Kier alpha value is -3.00. The number of benzene rings is 2. The van der Waals surface area contributed by atoms with E-state index in [1.807, 2.05) is 18.2 Å². The number of anilines is 2. The molecule has 5 rings (SSSR count). The zero-order valence-corrected chi connectivity index (χ0v) is 19.3. The summed E-state index contributed by atoms with van der Waals surface area (Å²) in [7, 11) is 1.64. The van der Waals surface area contributed by atoms with E-state index in [2.05, 4.69) is 15.1 Å². The molecule has 2 aromatic carbocycles. The van der Waals surface area contributed by atoms with Crippen molar-refractivity contribution in [3.05, 3.63) is 57.1 Å². The maximum Gasteiger partial charge on any atom is 0.269 e. The van der Waals surface area contributed by atoms with Crippen molar-refractivity contribution < 1.29 is 14.5 Å².